The summed E-state index contributed by atoms with van der Waals surface area (Å²) in [5.41, 5.74) is 7.83. The number of anilines is 1. The number of rotatable bonds is 3. The topological polar surface area (TPSA) is 52.3 Å². The molecule has 0 unspecified atom stereocenters. The number of fused-ring (bicyclic) bond motifs is 2. The van der Waals surface area contributed by atoms with Gasteiger partial charge >= 0.3 is 0 Å². The molecule has 0 radical (unpaired) electrons. The van der Waals surface area contributed by atoms with E-state index in [2.05, 4.69) is 40.5 Å². The van der Waals surface area contributed by atoms with Crippen molar-refractivity contribution < 1.29 is 4.74 Å². The summed E-state index contributed by atoms with van der Waals surface area (Å²) in [6, 6.07) is 12.6. The van der Waals surface area contributed by atoms with Crippen LogP contribution in [0, 0.1) is 6.92 Å². The number of ether oxygens (including phenoxy) is 1. The second kappa shape index (κ2) is 7.30. The Balaban J connectivity index is 1.66. The summed E-state index contributed by atoms with van der Waals surface area (Å²) in [6.07, 6.45) is 4.95. The number of hydrogen-bond donors (Lipinski definition) is 0. The first-order valence-corrected chi connectivity index (χ1v) is 10.5. The minimum atomic E-state index is 0.0227. The van der Waals surface area contributed by atoms with E-state index >= 15 is 0 Å². The van der Waals surface area contributed by atoms with Gasteiger partial charge in [-0.25, -0.2) is 0 Å². The van der Waals surface area contributed by atoms with E-state index in [1.165, 1.54) is 16.7 Å². The quantitative estimate of drug-likeness (QED) is 0.511. The fourth-order valence-electron chi connectivity index (χ4n) is 4.67. The molecule has 31 heavy (non-hydrogen) atoms. The van der Waals surface area contributed by atoms with Crippen molar-refractivity contribution in [3.8, 4) is 16.9 Å². The largest absolute Gasteiger partial charge is 0.497 e. The van der Waals surface area contributed by atoms with Crippen LogP contribution < -0.4 is 15.2 Å². The highest BCUT2D eigenvalue weighted by Crippen LogP contribution is 2.37. The van der Waals surface area contributed by atoms with Crippen LogP contribution in [0.15, 0.2) is 53.6 Å². The maximum atomic E-state index is 12.5. The zero-order valence-electron chi connectivity index (χ0n) is 18.3. The van der Waals surface area contributed by atoms with Gasteiger partial charge in [-0.1, -0.05) is 18.2 Å². The molecule has 4 aromatic rings. The van der Waals surface area contributed by atoms with Crippen molar-refractivity contribution >= 4 is 16.6 Å². The molecule has 5 rings (SSSR count). The predicted molar refractivity (Wildman–Crippen MR) is 124 cm³/mol. The molecule has 0 saturated carbocycles. The smallest absolute Gasteiger partial charge is 0.253 e. The fourth-order valence-corrected chi connectivity index (χ4v) is 4.67. The lowest BCUT2D eigenvalue weighted by molar-refractivity contribution is 0.415. The van der Waals surface area contributed by atoms with Crippen LogP contribution in [0.3, 0.4) is 0 Å². The van der Waals surface area contributed by atoms with Gasteiger partial charge < -0.3 is 14.2 Å². The molecule has 1 aliphatic rings. The van der Waals surface area contributed by atoms with Gasteiger partial charge in [-0.05, 0) is 36.1 Å². The Hall–Kier alpha value is -3.54. The van der Waals surface area contributed by atoms with Gasteiger partial charge in [-0.2, -0.15) is 5.10 Å². The molecule has 0 fully saturated rings. The van der Waals surface area contributed by atoms with Gasteiger partial charge in [0.25, 0.3) is 5.56 Å². The van der Waals surface area contributed by atoms with Crippen LogP contribution in [-0.4, -0.2) is 28.0 Å². The van der Waals surface area contributed by atoms with E-state index in [-0.39, 0.29) is 5.56 Å². The molecule has 6 nitrogen and oxygen atoms in total. The van der Waals surface area contributed by atoms with Gasteiger partial charge in [0.2, 0.25) is 0 Å². The number of hydrogen-bond acceptors (Lipinski definition) is 4. The van der Waals surface area contributed by atoms with Crippen molar-refractivity contribution in [1.29, 1.82) is 0 Å². The van der Waals surface area contributed by atoms with E-state index in [4.69, 9.17) is 4.74 Å². The Bertz CT molecular complexity index is 1370. The molecule has 0 spiro atoms. The van der Waals surface area contributed by atoms with Crippen LogP contribution in [0.5, 0.6) is 5.75 Å². The number of nitrogens with zero attached hydrogens (tertiary/aromatic N) is 4. The lowest BCUT2D eigenvalue weighted by Gasteiger charge is -2.33. The van der Waals surface area contributed by atoms with Crippen molar-refractivity contribution in [3.05, 3.63) is 75.8 Å². The van der Waals surface area contributed by atoms with Gasteiger partial charge in [0.1, 0.15) is 5.75 Å². The molecular weight excluding hydrogens is 388 g/mol. The second-order valence-corrected chi connectivity index (χ2v) is 8.29. The molecule has 0 atom stereocenters. The van der Waals surface area contributed by atoms with Crippen LogP contribution in [-0.2, 0) is 27.1 Å². The molecule has 2 aromatic carbocycles. The summed E-state index contributed by atoms with van der Waals surface area (Å²) >= 11 is 0. The minimum absolute atomic E-state index is 0.0227. The Morgan fingerprint density at radius 1 is 1.13 bits per heavy atom. The minimum Gasteiger partial charge on any atom is -0.497 e. The summed E-state index contributed by atoms with van der Waals surface area (Å²) in [6.45, 7) is 3.58. The molecule has 2 aromatic heterocycles. The molecule has 0 bridgehead atoms. The van der Waals surface area contributed by atoms with E-state index in [0.29, 0.717) is 0 Å². The first-order valence-electron chi connectivity index (χ1n) is 10.5. The van der Waals surface area contributed by atoms with Crippen LogP contribution in [0.25, 0.3) is 22.0 Å². The third-order valence-electron chi connectivity index (χ3n) is 6.34. The molecule has 158 valence electrons. The average molecular weight is 415 g/mol. The van der Waals surface area contributed by atoms with Gasteiger partial charge in [-0.15, -0.1) is 0 Å². The van der Waals surface area contributed by atoms with E-state index in [1.54, 1.807) is 11.7 Å². The third-order valence-corrected chi connectivity index (χ3v) is 6.34. The van der Waals surface area contributed by atoms with Crippen molar-refractivity contribution in [2.24, 2.45) is 14.1 Å². The highest BCUT2D eigenvalue weighted by molar-refractivity contribution is 5.94. The highest BCUT2D eigenvalue weighted by Gasteiger charge is 2.23. The van der Waals surface area contributed by atoms with Gasteiger partial charge in [0, 0.05) is 62.0 Å². The van der Waals surface area contributed by atoms with Gasteiger partial charge in [0.15, 0.2) is 0 Å². The number of aromatic nitrogens is 3. The Morgan fingerprint density at radius 3 is 2.71 bits per heavy atom. The maximum Gasteiger partial charge on any atom is 0.253 e. The van der Waals surface area contributed by atoms with Crippen molar-refractivity contribution in [3.63, 3.8) is 0 Å². The summed E-state index contributed by atoms with van der Waals surface area (Å²) in [5, 5.41) is 5.44. The summed E-state index contributed by atoms with van der Waals surface area (Å²) in [4.78, 5) is 14.9. The number of pyridine rings is 1. The zero-order valence-corrected chi connectivity index (χ0v) is 18.3. The van der Waals surface area contributed by atoms with Crippen LogP contribution in [0.1, 0.15) is 16.7 Å². The van der Waals surface area contributed by atoms with Crippen LogP contribution >= 0.6 is 0 Å². The molecule has 0 saturated heterocycles. The first kappa shape index (κ1) is 19.4. The van der Waals surface area contributed by atoms with E-state index < -0.39 is 0 Å². The first-order chi connectivity index (χ1) is 15.0. The second-order valence-electron chi connectivity index (χ2n) is 8.29. The van der Waals surface area contributed by atoms with Crippen molar-refractivity contribution in [2.45, 2.75) is 19.9 Å². The highest BCUT2D eigenvalue weighted by atomic mass is 16.5. The van der Waals surface area contributed by atoms with Crippen molar-refractivity contribution in [2.75, 3.05) is 18.6 Å². The molecule has 1 aliphatic heterocycles. The summed E-state index contributed by atoms with van der Waals surface area (Å²) in [7, 11) is 5.44. The fraction of sp³-hybridized carbons (Fsp3) is 0.280. The Kier molecular flexibility index (Phi) is 4.58. The van der Waals surface area contributed by atoms with E-state index in [9.17, 15) is 4.79 Å². The summed E-state index contributed by atoms with van der Waals surface area (Å²) in [5.74, 6) is 0.757. The lowest BCUT2D eigenvalue weighted by atomic mass is 9.92. The Morgan fingerprint density at radius 2 is 1.97 bits per heavy atom. The Labute approximate surface area is 181 Å². The SMILES string of the molecule is COc1cc(N2CCc3cccc(-c4cnn(C)c4)c3C2)c2cc(C)c(=O)n(C)c2c1. The predicted octanol–water partition coefficient (Wildman–Crippen LogP) is 3.82. The number of aryl methyl sites for hydroxylation is 3. The molecule has 0 N–H and O–H groups in total. The summed E-state index contributed by atoms with van der Waals surface area (Å²) < 4.78 is 9.15. The molecular formula is C25H26N4O2. The number of methoxy groups -OCH3 is 1. The third kappa shape index (κ3) is 3.19. The standard InChI is InChI=1S/C25H26N4O2/c1-16-10-21-23(28(3)25(16)30)11-19(31-4)12-24(21)29-9-8-17-6-5-7-20(22(17)15-29)18-13-26-27(2)14-18/h5-7,10-14H,8-9,15H2,1-4H3. The molecule has 3 heterocycles. The molecule has 6 heteroatoms. The van der Waals surface area contributed by atoms with Crippen LogP contribution in [0.2, 0.25) is 0 Å². The number of benzene rings is 2. The van der Waals surface area contributed by atoms with Crippen LogP contribution in [0.4, 0.5) is 5.69 Å². The van der Waals surface area contributed by atoms with E-state index in [0.717, 1.165) is 53.0 Å². The normalized spacial score (nSPS) is 13.5. The monoisotopic (exact) mass is 414 g/mol. The van der Waals surface area contributed by atoms with Crippen molar-refractivity contribution in [1.82, 2.24) is 14.3 Å². The van der Waals surface area contributed by atoms with E-state index in [1.807, 2.05) is 44.0 Å². The molecule has 0 aliphatic carbocycles. The maximum absolute atomic E-state index is 12.5. The molecule has 0 amide bonds. The lowest BCUT2D eigenvalue weighted by Crippen LogP contribution is -2.31. The van der Waals surface area contributed by atoms with Gasteiger partial charge in [-0.3, -0.25) is 9.48 Å². The van der Waals surface area contributed by atoms with Gasteiger partial charge in [0.05, 0.1) is 24.5 Å². The zero-order chi connectivity index (χ0) is 21.7. The average Bonchev–Trinajstić information content (AvgIpc) is 3.22.